The van der Waals surface area contributed by atoms with E-state index in [1.54, 1.807) is 30.3 Å². The minimum absolute atomic E-state index is 0.163. The van der Waals surface area contributed by atoms with E-state index < -0.39 is 4.75 Å². The maximum Gasteiger partial charge on any atom is 0.249 e. The summed E-state index contributed by atoms with van der Waals surface area (Å²) in [4.78, 5) is 14.1. The Morgan fingerprint density at radius 1 is 0.862 bits per heavy atom. The number of carbonyl (C=O) groups excluding carboxylic acids is 1. The van der Waals surface area contributed by atoms with Crippen LogP contribution < -0.4 is 10.6 Å². The normalized spacial score (nSPS) is 19.7. The van der Waals surface area contributed by atoms with Crippen LogP contribution in [0, 0.1) is 5.82 Å². The molecule has 0 radical (unpaired) electrons. The smallest absolute Gasteiger partial charge is 0.249 e. The molecule has 0 aromatic heterocycles. The maximum atomic E-state index is 13.5. The molecule has 2 aliphatic heterocycles. The van der Waals surface area contributed by atoms with Gasteiger partial charge in [0.05, 0.1) is 5.69 Å². The summed E-state index contributed by atoms with van der Waals surface area (Å²) in [5.41, 5.74) is 3.71. The number of hydrogen-bond donors (Lipinski definition) is 2. The molecule has 0 fully saturated rings. The lowest BCUT2D eigenvalue weighted by atomic mass is 9.96. The number of fused-ring (bicyclic) bond motifs is 3. The van der Waals surface area contributed by atoms with Crippen molar-refractivity contribution in [3.05, 3.63) is 93.7 Å². The van der Waals surface area contributed by atoms with Gasteiger partial charge in [0.25, 0.3) is 0 Å². The molecule has 1 atom stereocenters. The van der Waals surface area contributed by atoms with Gasteiger partial charge in [-0.25, -0.2) is 4.39 Å². The van der Waals surface area contributed by atoms with Gasteiger partial charge in [-0.3, -0.25) is 4.79 Å². The molecule has 7 heteroatoms. The Balaban J connectivity index is 1.77. The van der Waals surface area contributed by atoms with Crippen LogP contribution in [0.3, 0.4) is 0 Å². The highest BCUT2D eigenvalue weighted by molar-refractivity contribution is 8.01. The van der Waals surface area contributed by atoms with E-state index in [1.165, 1.54) is 23.9 Å². The van der Waals surface area contributed by atoms with Crippen molar-refractivity contribution < 1.29 is 9.18 Å². The Bertz CT molecular complexity index is 1200. The second-order valence-electron chi connectivity index (χ2n) is 6.81. The molecule has 2 aliphatic rings. The van der Waals surface area contributed by atoms with Crippen molar-refractivity contribution in [3.63, 3.8) is 0 Å². The fourth-order valence-electron chi connectivity index (χ4n) is 3.58. The van der Waals surface area contributed by atoms with E-state index in [0.29, 0.717) is 15.7 Å². The molecule has 0 saturated heterocycles. The first-order chi connectivity index (χ1) is 13.9. The highest BCUT2D eigenvalue weighted by Crippen LogP contribution is 2.55. The van der Waals surface area contributed by atoms with Crippen LogP contribution in [0.5, 0.6) is 0 Å². The van der Waals surface area contributed by atoms with Gasteiger partial charge in [-0.1, -0.05) is 47.1 Å². The monoisotopic (exact) mass is 442 g/mol. The molecule has 1 amide bonds. The average molecular weight is 443 g/mol. The van der Waals surface area contributed by atoms with Gasteiger partial charge in [-0.2, -0.15) is 0 Å². The molecule has 29 heavy (non-hydrogen) atoms. The topological polar surface area (TPSA) is 41.1 Å². The molecular weight excluding hydrogens is 430 g/mol. The third-order valence-electron chi connectivity index (χ3n) is 4.95. The van der Waals surface area contributed by atoms with Gasteiger partial charge in [0.1, 0.15) is 10.6 Å². The van der Waals surface area contributed by atoms with E-state index in [1.807, 2.05) is 24.3 Å². The van der Waals surface area contributed by atoms with Crippen LogP contribution in [0.15, 0.2) is 71.6 Å². The molecule has 0 bridgehead atoms. The third kappa shape index (κ3) is 3.10. The molecule has 3 aromatic carbocycles. The predicted molar refractivity (Wildman–Crippen MR) is 117 cm³/mol. The molecule has 1 spiro atoms. The highest BCUT2D eigenvalue weighted by atomic mass is 35.5. The van der Waals surface area contributed by atoms with Crippen LogP contribution >= 0.6 is 35.0 Å². The molecule has 5 rings (SSSR count). The highest BCUT2D eigenvalue weighted by Gasteiger charge is 2.48. The predicted octanol–water partition coefficient (Wildman–Crippen LogP) is 6.54. The number of nitrogens with one attached hydrogen (secondary N) is 2. The lowest BCUT2D eigenvalue weighted by Gasteiger charge is -2.23. The molecule has 2 N–H and O–H groups in total. The summed E-state index contributed by atoms with van der Waals surface area (Å²) in [5.74, 6) is -0.491. The van der Waals surface area contributed by atoms with Crippen LogP contribution in [0.2, 0.25) is 10.0 Å². The van der Waals surface area contributed by atoms with Crippen LogP contribution in [-0.4, -0.2) is 5.91 Å². The van der Waals surface area contributed by atoms with Crippen LogP contribution in [0.1, 0.15) is 11.1 Å². The van der Waals surface area contributed by atoms with Gasteiger partial charge < -0.3 is 10.6 Å². The first kappa shape index (κ1) is 18.6. The first-order valence-electron chi connectivity index (χ1n) is 8.80. The van der Waals surface area contributed by atoms with Gasteiger partial charge >= 0.3 is 0 Å². The van der Waals surface area contributed by atoms with Crippen molar-refractivity contribution in [2.45, 2.75) is 9.64 Å². The third-order valence-corrected chi connectivity index (χ3v) is 6.84. The van der Waals surface area contributed by atoms with Crippen LogP contribution in [-0.2, 0) is 9.54 Å². The van der Waals surface area contributed by atoms with E-state index in [9.17, 15) is 9.18 Å². The second kappa shape index (κ2) is 6.80. The molecular formula is C22H13Cl2FN2OS. The Morgan fingerprint density at radius 2 is 1.59 bits per heavy atom. The number of amides is 1. The van der Waals surface area contributed by atoms with Crippen molar-refractivity contribution >= 4 is 57.9 Å². The molecule has 1 unspecified atom stereocenters. The Labute approximate surface area is 180 Å². The number of hydrogen-bond acceptors (Lipinski definition) is 3. The lowest BCUT2D eigenvalue weighted by molar-refractivity contribution is -0.116. The molecule has 3 aromatic rings. The van der Waals surface area contributed by atoms with Crippen molar-refractivity contribution in [1.29, 1.82) is 0 Å². The van der Waals surface area contributed by atoms with Gasteiger partial charge in [0.15, 0.2) is 0 Å². The Morgan fingerprint density at radius 3 is 2.38 bits per heavy atom. The lowest BCUT2D eigenvalue weighted by Crippen LogP contribution is -2.29. The number of anilines is 2. The summed E-state index contributed by atoms with van der Waals surface area (Å²) >= 11 is 13.9. The number of benzene rings is 3. The summed E-state index contributed by atoms with van der Waals surface area (Å²) in [5, 5.41) is 7.45. The van der Waals surface area contributed by atoms with E-state index in [4.69, 9.17) is 23.2 Å². The molecule has 3 nitrogen and oxygen atoms in total. The largest absolute Gasteiger partial charge is 0.354 e. The van der Waals surface area contributed by atoms with E-state index >= 15 is 0 Å². The zero-order valence-electron chi connectivity index (χ0n) is 14.8. The second-order valence-corrected chi connectivity index (χ2v) is 8.97. The number of thioether (sulfide) groups is 1. The van der Waals surface area contributed by atoms with Crippen molar-refractivity contribution in [2.24, 2.45) is 0 Å². The molecule has 144 valence electrons. The van der Waals surface area contributed by atoms with Crippen molar-refractivity contribution in [3.8, 4) is 0 Å². The van der Waals surface area contributed by atoms with Crippen molar-refractivity contribution in [2.75, 3.05) is 10.6 Å². The Kier molecular flexibility index (Phi) is 4.35. The maximum absolute atomic E-state index is 13.5. The summed E-state index contributed by atoms with van der Waals surface area (Å²) < 4.78 is 12.5. The molecule has 0 saturated carbocycles. The van der Waals surface area contributed by atoms with Gasteiger partial charge in [-0.05, 0) is 60.2 Å². The van der Waals surface area contributed by atoms with E-state index in [0.717, 1.165) is 27.4 Å². The van der Waals surface area contributed by atoms with Crippen LogP contribution in [0.4, 0.5) is 15.8 Å². The standard InChI is InChI=1S/C22H13Cl2FN2OS/c23-13-3-7-17-16(9-13)22(21(28)27-17)11-19(12-1-5-15(25)6-2-12)26-18-10-14(24)4-8-20(18)29-22/h1-11,26H,(H,27,28). The number of carbonyl (C=O) groups is 1. The number of halogens is 3. The first-order valence-corrected chi connectivity index (χ1v) is 10.4. The fourth-order valence-corrected chi connectivity index (χ4v) is 5.22. The molecule has 0 aliphatic carbocycles. The van der Waals surface area contributed by atoms with Crippen molar-refractivity contribution in [1.82, 2.24) is 0 Å². The SMILES string of the molecule is O=C1Nc2ccc(Cl)cc2C12C=C(c1ccc(F)cc1)Nc1cc(Cl)ccc1S2. The number of rotatable bonds is 1. The van der Waals surface area contributed by atoms with Gasteiger partial charge in [0, 0.05) is 31.9 Å². The quantitative estimate of drug-likeness (QED) is 0.449. The molecule has 2 heterocycles. The Hall–Kier alpha value is -2.47. The zero-order valence-corrected chi connectivity index (χ0v) is 17.1. The van der Waals surface area contributed by atoms with Gasteiger partial charge in [0.2, 0.25) is 5.91 Å². The summed E-state index contributed by atoms with van der Waals surface area (Å²) in [7, 11) is 0. The van der Waals surface area contributed by atoms with E-state index in [2.05, 4.69) is 10.6 Å². The summed E-state index contributed by atoms with van der Waals surface area (Å²) in [6.45, 7) is 0. The summed E-state index contributed by atoms with van der Waals surface area (Å²) in [6, 6.07) is 17.0. The van der Waals surface area contributed by atoms with E-state index in [-0.39, 0.29) is 11.7 Å². The minimum Gasteiger partial charge on any atom is -0.354 e. The fraction of sp³-hybridized carbons (Fsp3) is 0.0455. The average Bonchev–Trinajstić information content (AvgIpc) is 2.85. The zero-order chi connectivity index (χ0) is 20.2. The minimum atomic E-state index is -1.03. The van der Waals surface area contributed by atoms with Crippen LogP contribution in [0.25, 0.3) is 5.70 Å². The van der Waals surface area contributed by atoms with Gasteiger partial charge in [-0.15, -0.1) is 0 Å². The summed E-state index contributed by atoms with van der Waals surface area (Å²) in [6.07, 6.45) is 1.87.